The van der Waals surface area contributed by atoms with E-state index in [1.54, 1.807) is 0 Å². The SMILES string of the molecule is Cc1cc(C(C)(C)CCNC2CC2)cc(C)c1F. The monoisotopic (exact) mass is 249 g/mol. The Morgan fingerprint density at radius 2 is 1.78 bits per heavy atom. The molecule has 1 fully saturated rings. The van der Waals surface area contributed by atoms with Gasteiger partial charge in [-0.05, 0) is 61.8 Å². The molecule has 0 aromatic heterocycles. The Bertz CT molecular complexity index is 410. The molecule has 0 spiro atoms. The Hall–Kier alpha value is -0.890. The average molecular weight is 249 g/mol. The van der Waals surface area contributed by atoms with Gasteiger partial charge in [-0.1, -0.05) is 26.0 Å². The average Bonchev–Trinajstić information content (AvgIpc) is 3.09. The molecule has 0 bridgehead atoms. The highest BCUT2D eigenvalue weighted by molar-refractivity contribution is 5.34. The highest BCUT2D eigenvalue weighted by Gasteiger charge is 2.24. The molecule has 0 heterocycles. The van der Waals surface area contributed by atoms with E-state index in [0.29, 0.717) is 0 Å². The van der Waals surface area contributed by atoms with Gasteiger partial charge in [-0.15, -0.1) is 0 Å². The Morgan fingerprint density at radius 3 is 2.28 bits per heavy atom. The minimum absolute atomic E-state index is 0.0642. The minimum atomic E-state index is -0.0642. The fourth-order valence-electron chi connectivity index (χ4n) is 2.36. The molecule has 1 saturated carbocycles. The van der Waals surface area contributed by atoms with E-state index in [4.69, 9.17) is 0 Å². The second-order valence-corrected chi connectivity index (χ2v) is 6.29. The van der Waals surface area contributed by atoms with E-state index in [1.807, 2.05) is 26.0 Å². The normalized spacial score (nSPS) is 16.1. The maximum absolute atomic E-state index is 13.7. The van der Waals surface area contributed by atoms with Crippen LogP contribution in [0.4, 0.5) is 4.39 Å². The molecule has 1 aliphatic rings. The van der Waals surface area contributed by atoms with Crippen molar-refractivity contribution in [2.45, 2.75) is 58.4 Å². The van der Waals surface area contributed by atoms with Gasteiger partial charge >= 0.3 is 0 Å². The summed E-state index contributed by atoms with van der Waals surface area (Å²) in [5, 5.41) is 3.55. The summed E-state index contributed by atoms with van der Waals surface area (Å²) >= 11 is 0. The minimum Gasteiger partial charge on any atom is -0.314 e. The Morgan fingerprint density at radius 1 is 1.22 bits per heavy atom. The summed E-state index contributed by atoms with van der Waals surface area (Å²) in [7, 11) is 0. The van der Waals surface area contributed by atoms with Crippen LogP contribution in [0.2, 0.25) is 0 Å². The number of aryl methyl sites for hydroxylation is 2. The smallest absolute Gasteiger partial charge is 0.129 e. The van der Waals surface area contributed by atoms with Gasteiger partial charge in [0, 0.05) is 6.04 Å². The topological polar surface area (TPSA) is 12.0 Å². The summed E-state index contributed by atoms with van der Waals surface area (Å²) in [6.45, 7) is 9.24. The third-order valence-corrected chi connectivity index (χ3v) is 3.98. The fourth-order valence-corrected chi connectivity index (χ4v) is 2.36. The zero-order valence-corrected chi connectivity index (χ0v) is 11.9. The quantitative estimate of drug-likeness (QED) is 0.835. The summed E-state index contributed by atoms with van der Waals surface area (Å²) in [5.74, 6) is -0.0642. The molecule has 1 aliphatic carbocycles. The van der Waals surface area contributed by atoms with Crippen LogP contribution in [0, 0.1) is 19.7 Å². The van der Waals surface area contributed by atoms with E-state index in [0.717, 1.165) is 30.1 Å². The second kappa shape index (κ2) is 5.00. The van der Waals surface area contributed by atoms with Gasteiger partial charge in [-0.3, -0.25) is 0 Å². The van der Waals surface area contributed by atoms with Crippen molar-refractivity contribution in [1.29, 1.82) is 0 Å². The number of rotatable bonds is 5. The Labute approximate surface area is 110 Å². The molecule has 2 rings (SSSR count). The van der Waals surface area contributed by atoms with Gasteiger partial charge in [0.2, 0.25) is 0 Å². The van der Waals surface area contributed by atoms with Crippen LogP contribution < -0.4 is 5.32 Å². The molecular formula is C16H24FN. The second-order valence-electron chi connectivity index (χ2n) is 6.29. The van der Waals surface area contributed by atoms with Gasteiger partial charge in [-0.2, -0.15) is 0 Å². The summed E-state index contributed by atoms with van der Waals surface area (Å²) in [5.41, 5.74) is 2.86. The predicted molar refractivity (Wildman–Crippen MR) is 74.5 cm³/mol. The first-order valence-corrected chi connectivity index (χ1v) is 6.91. The molecule has 0 atom stereocenters. The zero-order chi connectivity index (χ0) is 13.3. The van der Waals surface area contributed by atoms with Crippen LogP contribution in [-0.2, 0) is 5.41 Å². The van der Waals surface area contributed by atoms with Crippen LogP contribution in [0.25, 0.3) is 0 Å². The van der Waals surface area contributed by atoms with Crippen molar-refractivity contribution < 1.29 is 4.39 Å². The van der Waals surface area contributed by atoms with Crippen molar-refractivity contribution in [3.05, 3.63) is 34.6 Å². The third kappa shape index (κ3) is 3.11. The van der Waals surface area contributed by atoms with E-state index >= 15 is 0 Å². The molecule has 1 N–H and O–H groups in total. The zero-order valence-electron chi connectivity index (χ0n) is 11.9. The fraction of sp³-hybridized carbons (Fsp3) is 0.625. The molecule has 0 saturated heterocycles. The number of benzene rings is 1. The maximum atomic E-state index is 13.7. The van der Waals surface area contributed by atoms with E-state index in [9.17, 15) is 4.39 Å². The van der Waals surface area contributed by atoms with Gasteiger partial charge in [0.25, 0.3) is 0 Å². The van der Waals surface area contributed by atoms with E-state index in [-0.39, 0.29) is 11.2 Å². The van der Waals surface area contributed by atoms with Gasteiger partial charge in [0.15, 0.2) is 0 Å². The van der Waals surface area contributed by atoms with Crippen LogP contribution in [0.3, 0.4) is 0 Å². The van der Waals surface area contributed by atoms with Crippen molar-refractivity contribution in [2.75, 3.05) is 6.54 Å². The number of nitrogens with one attached hydrogen (secondary N) is 1. The molecule has 2 heteroatoms. The van der Waals surface area contributed by atoms with Gasteiger partial charge in [0.05, 0.1) is 0 Å². The van der Waals surface area contributed by atoms with Crippen molar-refractivity contribution >= 4 is 0 Å². The molecule has 1 nitrogen and oxygen atoms in total. The number of halogens is 1. The summed E-state index contributed by atoms with van der Waals surface area (Å²) < 4.78 is 13.7. The summed E-state index contributed by atoms with van der Waals surface area (Å²) in [6.07, 6.45) is 3.75. The van der Waals surface area contributed by atoms with Crippen molar-refractivity contribution in [2.24, 2.45) is 0 Å². The van der Waals surface area contributed by atoms with E-state index in [1.165, 1.54) is 18.4 Å². The van der Waals surface area contributed by atoms with Crippen LogP contribution >= 0.6 is 0 Å². The van der Waals surface area contributed by atoms with Gasteiger partial charge < -0.3 is 5.32 Å². The summed E-state index contributed by atoms with van der Waals surface area (Å²) in [4.78, 5) is 0. The van der Waals surface area contributed by atoms with Crippen LogP contribution in [0.5, 0.6) is 0 Å². The van der Waals surface area contributed by atoms with Crippen molar-refractivity contribution in [1.82, 2.24) is 5.32 Å². The first-order valence-electron chi connectivity index (χ1n) is 6.91. The third-order valence-electron chi connectivity index (χ3n) is 3.98. The Kier molecular flexibility index (Phi) is 3.76. The van der Waals surface area contributed by atoms with Crippen LogP contribution in [0.15, 0.2) is 12.1 Å². The number of hydrogen-bond acceptors (Lipinski definition) is 1. The highest BCUT2D eigenvalue weighted by atomic mass is 19.1. The lowest BCUT2D eigenvalue weighted by atomic mass is 9.80. The first-order chi connectivity index (χ1) is 8.40. The molecule has 100 valence electrons. The lowest BCUT2D eigenvalue weighted by Gasteiger charge is -2.26. The molecule has 0 radical (unpaired) electrons. The standard InChI is InChI=1S/C16H24FN/c1-11-9-13(10-12(2)15(11)17)16(3,4)7-8-18-14-5-6-14/h9-10,14,18H,5-8H2,1-4H3. The Balaban J connectivity index is 2.07. The molecular weight excluding hydrogens is 225 g/mol. The van der Waals surface area contributed by atoms with Crippen LogP contribution in [0.1, 0.15) is 49.8 Å². The van der Waals surface area contributed by atoms with Crippen molar-refractivity contribution in [3.8, 4) is 0 Å². The van der Waals surface area contributed by atoms with Crippen LogP contribution in [-0.4, -0.2) is 12.6 Å². The van der Waals surface area contributed by atoms with Crippen molar-refractivity contribution in [3.63, 3.8) is 0 Å². The first kappa shape index (κ1) is 13.5. The molecule has 1 aromatic carbocycles. The predicted octanol–water partition coefficient (Wildman–Crippen LogP) is 3.86. The lowest BCUT2D eigenvalue weighted by molar-refractivity contribution is 0.454. The molecule has 0 unspecified atom stereocenters. The molecule has 0 aliphatic heterocycles. The maximum Gasteiger partial charge on any atom is 0.129 e. The molecule has 18 heavy (non-hydrogen) atoms. The largest absolute Gasteiger partial charge is 0.314 e. The highest BCUT2D eigenvalue weighted by Crippen LogP contribution is 2.30. The summed E-state index contributed by atoms with van der Waals surface area (Å²) in [6, 6.07) is 4.76. The van der Waals surface area contributed by atoms with Gasteiger partial charge in [-0.25, -0.2) is 4.39 Å². The van der Waals surface area contributed by atoms with E-state index in [2.05, 4.69) is 19.2 Å². The molecule has 1 aromatic rings. The lowest BCUT2D eigenvalue weighted by Crippen LogP contribution is -2.27. The van der Waals surface area contributed by atoms with E-state index < -0.39 is 0 Å². The molecule has 0 amide bonds. The number of hydrogen-bond donors (Lipinski definition) is 1. The van der Waals surface area contributed by atoms with Gasteiger partial charge in [0.1, 0.15) is 5.82 Å².